The van der Waals surface area contributed by atoms with Gasteiger partial charge < -0.3 is 4.90 Å². The lowest BCUT2D eigenvalue weighted by atomic mass is 10.1. The first-order valence-corrected chi connectivity index (χ1v) is 10.7. The van der Waals surface area contributed by atoms with E-state index in [-0.39, 0.29) is 6.04 Å². The van der Waals surface area contributed by atoms with Gasteiger partial charge in [-0.05, 0) is 36.1 Å². The van der Waals surface area contributed by atoms with Crippen LogP contribution in [0.2, 0.25) is 0 Å². The minimum Gasteiger partial charge on any atom is -0.309 e. The molecule has 0 spiro atoms. The fourth-order valence-corrected chi connectivity index (χ4v) is 5.89. The molecule has 0 amide bonds. The molecular formula is C20H24N4O2S. The average molecular weight is 385 g/mol. The summed E-state index contributed by atoms with van der Waals surface area (Å²) in [5.41, 5.74) is 3.05. The number of nitrogens with zero attached hydrogens (tertiary/aromatic N) is 4. The zero-order chi connectivity index (χ0) is 18.9. The number of benzene rings is 2. The Morgan fingerprint density at radius 2 is 1.63 bits per heavy atom. The number of hydrogen-bond acceptors (Lipinski definition) is 6. The molecule has 2 heterocycles. The third-order valence-electron chi connectivity index (χ3n) is 5.32. The maximum Gasteiger partial charge on any atom is 0.179 e. The van der Waals surface area contributed by atoms with Crippen LogP contribution in [0.3, 0.4) is 0 Å². The molecule has 2 aromatic rings. The van der Waals surface area contributed by atoms with E-state index in [2.05, 4.69) is 18.3 Å². The lowest BCUT2D eigenvalue weighted by Crippen LogP contribution is -2.50. The lowest BCUT2D eigenvalue weighted by molar-refractivity contribution is 0.266. The Morgan fingerprint density at radius 1 is 0.926 bits per heavy atom. The molecule has 2 aliphatic rings. The summed E-state index contributed by atoms with van der Waals surface area (Å²) >= 11 is 0. The lowest BCUT2D eigenvalue weighted by Gasteiger charge is -2.55. The molecule has 0 aromatic heterocycles. The fourth-order valence-electron chi connectivity index (χ4n) is 3.91. The Labute approximate surface area is 161 Å². The third-order valence-corrected chi connectivity index (χ3v) is 7.42. The molecule has 0 bridgehead atoms. The average Bonchev–Trinajstić information content (AvgIpc) is 3.17. The van der Waals surface area contributed by atoms with Gasteiger partial charge in [-0.2, -0.15) is 9.57 Å². The largest absolute Gasteiger partial charge is 0.309 e. The Kier molecular flexibility index (Phi) is 4.98. The van der Waals surface area contributed by atoms with Crippen molar-refractivity contribution < 1.29 is 9.11 Å². The summed E-state index contributed by atoms with van der Waals surface area (Å²) in [4.78, 5) is 1.69. The summed E-state index contributed by atoms with van der Waals surface area (Å²) < 4.78 is 25.6. The van der Waals surface area contributed by atoms with Crippen LogP contribution in [-0.4, -0.2) is 50.5 Å². The molecule has 0 saturated carbocycles. The monoisotopic (exact) mass is 384 g/mol. The molecule has 2 fully saturated rings. The summed E-state index contributed by atoms with van der Waals surface area (Å²) in [6.07, 6.45) is 3.81. The SMILES string of the molecule is N#CN1CC[C@@H](N2CCCN(c3ccc(-c4ccccc4)cc3)S2(O)O)C1. The predicted octanol–water partition coefficient (Wildman–Crippen LogP) is 4.00. The Morgan fingerprint density at radius 3 is 2.30 bits per heavy atom. The molecule has 1 atom stereocenters. The topological polar surface area (TPSA) is 74.0 Å². The van der Waals surface area contributed by atoms with Crippen LogP contribution >= 0.6 is 11.0 Å². The number of likely N-dealkylation sites (tertiary alicyclic amines) is 1. The van der Waals surface area contributed by atoms with E-state index in [0.29, 0.717) is 26.2 Å². The second kappa shape index (κ2) is 7.41. The van der Waals surface area contributed by atoms with Gasteiger partial charge in [-0.1, -0.05) is 53.4 Å². The zero-order valence-corrected chi connectivity index (χ0v) is 15.9. The normalized spacial score (nSPS) is 23.8. The highest BCUT2D eigenvalue weighted by molar-refractivity contribution is 8.23. The van der Waals surface area contributed by atoms with Crippen molar-refractivity contribution in [3.05, 3.63) is 54.6 Å². The maximum absolute atomic E-state index is 11.0. The summed E-state index contributed by atoms with van der Waals surface area (Å²) in [7, 11) is -3.08. The molecule has 2 N–H and O–H groups in total. The quantitative estimate of drug-likeness (QED) is 0.779. The van der Waals surface area contributed by atoms with Crippen LogP contribution in [0.15, 0.2) is 54.6 Å². The highest BCUT2D eigenvalue weighted by Gasteiger charge is 2.41. The van der Waals surface area contributed by atoms with Crippen LogP contribution in [0, 0.1) is 11.5 Å². The molecule has 7 heteroatoms. The molecule has 2 saturated heterocycles. The smallest absolute Gasteiger partial charge is 0.179 e. The molecule has 4 rings (SSSR count). The fraction of sp³-hybridized carbons (Fsp3) is 0.350. The van der Waals surface area contributed by atoms with Crippen molar-refractivity contribution in [2.75, 3.05) is 30.5 Å². The van der Waals surface area contributed by atoms with Crippen molar-refractivity contribution in [1.29, 1.82) is 5.26 Å². The third kappa shape index (κ3) is 3.49. The minimum absolute atomic E-state index is 0.000965. The van der Waals surface area contributed by atoms with E-state index < -0.39 is 11.0 Å². The Balaban J connectivity index is 1.55. The maximum atomic E-state index is 11.0. The van der Waals surface area contributed by atoms with E-state index in [1.54, 1.807) is 13.5 Å². The zero-order valence-electron chi connectivity index (χ0n) is 15.1. The van der Waals surface area contributed by atoms with Crippen LogP contribution in [0.25, 0.3) is 11.1 Å². The van der Waals surface area contributed by atoms with Gasteiger partial charge in [0.1, 0.15) is 0 Å². The van der Waals surface area contributed by atoms with Crippen molar-refractivity contribution in [2.24, 2.45) is 0 Å². The van der Waals surface area contributed by atoms with Crippen molar-refractivity contribution in [3.8, 4) is 17.3 Å². The Bertz CT molecular complexity index is 822. The number of rotatable bonds is 3. The van der Waals surface area contributed by atoms with E-state index in [0.717, 1.165) is 29.7 Å². The van der Waals surface area contributed by atoms with E-state index >= 15 is 0 Å². The predicted molar refractivity (Wildman–Crippen MR) is 109 cm³/mol. The molecule has 2 aliphatic heterocycles. The van der Waals surface area contributed by atoms with Crippen molar-refractivity contribution in [1.82, 2.24) is 9.21 Å². The highest BCUT2D eigenvalue weighted by atomic mass is 32.3. The molecule has 27 heavy (non-hydrogen) atoms. The molecule has 0 unspecified atom stereocenters. The number of anilines is 1. The van der Waals surface area contributed by atoms with Gasteiger partial charge in [0, 0.05) is 26.2 Å². The number of hydrogen-bond donors (Lipinski definition) is 2. The summed E-state index contributed by atoms with van der Waals surface area (Å²) in [6.45, 7) is 2.50. The van der Waals surface area contributed by atoms with Crippen LogP contribution in [-0.2, 0) is 0 Å². The first-order valence-electron chi connectivity index (χ1n) is 9.22. The van der Waals surface area contributed by atoms with Crippen LogP contribution < -0.4 is 4.31 Å². The molecule has 2 aromatic carbocycles. The second-order valence-corrected chi connectivity index (χ2v) is 8.88. The summed E-state index contributed by atoms with van der Waals surface area (Å²) in [5, 5.41) is 9.09. The van der Waals surface area contributed by atoms with E-state index in [4.69, 9.17) is 5.26 Å². The molecule has 6 nitrogen and oxygen atoms in total. The van der Waals surface area contributed by atoms with Crippen LogP contribution in [0.1, 0.15) is 12.8 Å². The van der Waals surface area contributed by atoms with E-state index in [1.807, 2.05) is 42.5 Å². The molecule has 0 radical (unpaired) electrons. The van der Waals surface area contributed by atoms with Gasteiger partial charge in [0.15, 0.2) is 6.19 Å². The van der Waals surface area contributed by atoms with E-state index in [1.165, 1.54) is 0 Å². The van der Waals surface area contributed by atoms with Crippen molar-refractivity contribution >= 4 is 16.6 Å². The van der Waals surface area contributed by atoms with Gasteiger partial charge in [0.05, 0.1) is 11.7 Å². The second-order valence-electron chi connectivity index (χ2n) is 6.99. The first-order chi connectivity index (χ1) is 13.1. The van der Waals surface area contributed by atoms with E-state index in [9.17, 15) is 9.11 Å². The van der Waals surface area contributed by atoms with Gasteiger partial charge in [0.2, 0.25) is 0 Å². The standard InChI is InChI=1S/C20H24N4O2S/c21-16-22-14-11-20(15-22)24-13-4-12-23(27(24,25)26)19-9-7-18(8-10-19)17-5-2-1-3-6-17/h1-3,5-10,20,25-26H,4,11-15H2/t20-/m1/s1. The highest BCUT2D eigenvalue weighted by Crippen LogP contribution is 2.53. The van der Waals surface area contributed by atoms with Gasteiger partial charge in [-0.15, -0.1) is 0 Å². The van der Waals surface area contributed by atoms with Gasteiger partial charge in [-0.3, -0.25) is 13.4 Å². The van der Waals surface area contributed by atoms with Crippen molar-refractivity contribution in [2.45, 2.75) is 18.9 Å². The van der Waals surface area contributed by atoms with Gasteiger partial charge >= 0.3 is 0 Å². The molecule has 142 valence electrons. The minimum atomic E-state index is -3.08. The first kappa shape index (κ1) is 18.1. The van der Waals surface area contributed by atoms with Crippen molar-refractivity contribution in [3.63, 3.8) is 0 Å². The summed E-state index contributed by atoms with van der Waals surface area (Å²) in [6, 6.07) is 18.1. The van der Waals surface area contributed by atoms with Gasteiger partial charge in [0.25, 0.3) is 0 Å². The Hall–Kier alpha value is -2.24. The van der Waals surface area contributed by atoms with Crippen LogP contribution in [0.4, 0.5) is 5.69 Å². The number of nitriles is 1. The van der Waals surface area contributed by atoms with Gasteiger partial charge in [-0.25, -0.2) is 0 Å². The molecule has 0 aliphatic carbocycles. The summed E-state index contributed by atoms with van der Waals surface area (Å²) in [5.74, 6) is 0. The van der Waals surface area contributed by atoms with Crippen LogP contribution in [0.5, 0.6) is 0 Å². The molecular weight excluding hydrogens is 360 g/mol.